The van der Waals surface area contributed by atoms with E-state index in [1.165, 1.54) is 0 Å². The Morgan fingerprint density at radius 1 is 1.44 bits per heavy atom. The van der Waals surface area contributed by atoms with Crippen molar-refractivity contribution in [1.82, 2.24) is 10.6 Å². The third-order valence-electron chi connectivity index (χ3n) is 4.08. The summed E-state index contributed by atoms with van der Waals surface area (Å²) >= 11 is 0. The summed E-state index contributed by atoms with van der Waals surface area (Å²) in [4.78, 5) is 11.5. The maximum Gasteiger partial charge on any atom is 0.222 e. The molecule has 0 bridgehead atoms. The Labute approximate surface area is 96.8 Å². The van der Waals surface area contributed by atoms with E-state index in [0.29, 0.717) is 6.04 Å². The summed E-state index contributed by atoms with van der Waals surface area (Å²) < 4.78 is 0. The van der Waals surface area contributed by atoms with Gasteiger partial charge in [0.05, 0.1) is 0 Å². The monoisotopic (exact) mass is 226 g/mol. The maximum absolute atomic E-state index is 11.5. The van der Waals surface area contributed by atoms with Crippen molar-refractivity contribution in [3.8, 4) is 0 Å². The normalized spacial score (nSPS) is 38.5. The van der Waals surface area contributed by atoms with Gasteiger partial charge in [0.1, 0.15) is 6.23 Å². The van der Waals surface area contributed by atoms with E-state index in [1.54, 1.807) is 0 Å². The fourth-order valence-electron chi connectivity index (χ4n) is 2.64. The van der Waals surface area contributed by atoms with Gasteiger partial charge < -0.3 is 10.4 Å². The van der Waals surface area contributed by atoms with Gasteiger partial charge in [-0.05, 0) is 25.7 Å². The molecule has 1 amide bonds. The number of nitrogens with one attached hydrogen (secondary N) is 2. The van der Waals surface area contributed by atoms with Crippen LogP contribution in [-0.2, 0) is 4.79 Å². The van der Waals surface area contributed by atoms with Gasteiger partial charge in [0.25, 0.3) is 0 Å². The van der Waals surface area contributed by atoms with E-state index in [0.717, 1.165) is 32.2 Å². The van der Waals surface area contributed by atoms with E-state index in [4.69, 9.17) is 0 Å². The van der Waals surface area contributed by atoms with Crippen molar-refractivity contribution in [3.63, 3.8) is 0 Å². The van der Waals surface area contributed by atoms with Crippen LogP contribution in [0.1, 0.15) is 39.5 Å². The van der Waals surface area contributed by atoms with Crippen molar-refractivity contribution in [1.29, 1.82) is 0 Å². The molecule has 1 aliphatic carbocycles. The minimum Gasteiger partial charge on any atom is -0.378 e. The minimum atomic E-state index is -0.325. The quantitative estimate of drug-likeness (QED) is 0.646. The number of rotatable bonds is 2. The second-order valence-corrected chi connectivity index (χ2v) is 5.58. The number of carbonyl (C=O) groups excluding carboxylic acids is 1. The van der Waals surface area contributed by atoms with Gasteiger partial charge in [-0.25, -0.2) is 0 Å². The first-order valence-electron chi connectivity index (χ1n) is 6.25. The number of amides is 1. The Morgan fingerprint density at radius 3 is 2.44 bits per heavy atom. The van der Waals surface area contributed by atoms with E-state index in [2.05, 4.69) is 10.6 Å². The summed E-state index contributed by atoms with van der Waals surface area (Å²) in [7, 11) is 0. The van der Waals surface area contributed by atoms with E-state index >= 15 is 0 Å². The summed E-state index contributed by atoms with van der Waals surface area (Å²) in [6.45, 7) is 4.76. The standard InChI is InChI=1S/C12H22N2O2/c1-8(2)10(15)14-9-3-5-12(6-4-9)7-13-11(12)16/h8-9,11,13,16H,3-7H2,1-2H3,(H,14,15). The third-order valence-corrected chi connectivity index (χ3v) is 4.08. The average Bonchev–Trinajstić information content (AvgIpc) is 2.28. The van der Waals surface area contributed by atoms with Crippen molar-refractivity contribution < 1.29 is 9.90 Å². The lowest BCUT2D eigenvalue weighted by molar-refractivity contribution is -0.126. The highest BCUT2D eigenvalue weighted by molar-refractivity contribution is 5.78. The van der Waals surface area contributed by atoms with Gasteiger partial charge in [-0.1, -0.05) is 13.8 Å². The molecule has 0 aromatic carbocycles. The summed E-state index contributed by atoms with van der Waals surface area (Å²) in [5.74, 6) is 0.208. The highest BCUT2D eigenvalue weighted by Crippen LogP contribution is 2.42. The Bertz CT molecular complexity index is 270. The number of aliphatic hydroxyl groups is 1. The largest absolute Gasteiger partial charge is 0.378 e. The SMILES string of the molecule is CC(C)C(=O)NC1CCC2(CC1)CNC2O. The molecule has 1 aliphatic heterocycles. The molecule has 2 aliphatic rings. The molecular weight excluding hydrogens is 204 g/mol. The first-order valence-corrected chi connectivity index (χ1v) is 6.25. The molecule has 1 saturated heterocycles. The first-order chi connectivity index (χ1) is 7.53. The van der Waals surface area contributed by atoms with Gasteiger partial charge in [0.2, 0.25) is 5.91 Å². The van der Waals surface area contributed by atoms with E-state index < -0.39 is 0 Å². The highest BCUT2D eigenvalue weighted by atomic mass is 16.3. The molecule has 3 N–H and O–H groups in total. The first kappa shape index (κ1) is 11.9. The van der Waals surface area contributed by atoms with Crippen molar-refractivity contribution in [3.05, 3.63) is 0 Å². The van der Waals surface area contributed by atoms with Crippen LogP contribution in [-0.4, -0.2) is 29.8 Å². The molecule has 2 fully saturated rings. The van der Waals surface area contributed by atoms with Crippen molar-refractivity contribution in [2.24, 2.45) is 11.3 Å². The van der Waals surface area contributed by atoms with Crippen LogP contribution in [0.15, 0.2) is 0 Å². The molecule has 16 heavy (non-hydrogen) atoms. The number of carbonyl (C=O) groups is 1. The summed E-state index contributed by atoms with van der Waals surface area (Å²) in [5.41, 5.74) is 0.110. The predicted molar refractivity (Wildman–Crippen MR) is 61.7 cm³/mol. The van der Waals surface area contributed by atoms with Gasteiger partial charge in [0, 0.05) is 23.9 Å². The smallest absolute Gasteiger partial charge is 0.222 e. The lowest BCUT2D eigenvalue weighted by Gasteiger charge is -2.51. The van der Waals surface area contributed by atoms with Crippen molar-refractivity contribution in [2.45, 2.75) is 51.8 Å². The third kappa shape index (κ3) is 2.09. The van der Waals surface area contributed by atoms with E-state index in [-0.39, 0.29) is 23.5 Å². The highest BCUT2D eigenvalue weighted by Gasteiger charge is 2.47. The molecule has 1 unspecified atom stereocenters. The molecule has 0 aromatic heterocycles. The zero-order valence-electron chi connectivity index (χ0n) is 10.1. The van der Waals surface area contributed by atoms with Gasteiger partial charge in [-0.2, -0.15) is 0 Å². The summed E-state index contributed by atoms with van der Waals surface area (Å²) in [6, 6.07) is 0.313. The molecule has 1 heterocycles. The molecule has 1 saturated carbocycles. The van der Waals surface area contributed by atoms with Crippen LogP contribution in [0.25, 0.3) is 0 Å². The second kappa shape index (κ2) is 4.34. The Kier molecular flexibility index (Phi) is 3.22. The molecule has 1 atom stereocenters. The molecular formula is C12H22N2O2. The molecule has 2 rings (SSSR count). The zero-order chi connectivity index (χ0) is 11.8. The van der Waals surface area contributed by atoms with Crippen LogP contribution in [0.3, 0.4) is 0 Å². The predicted octanol–water partition coefficient (Wildman–Crippen LogP) is 0.609. The molecule has 1 spiro atoms. The van der Waals surface area contributed by atoms with Gasteiger partial charge in [-0.3, -0.25) is 10.1 Å². The van der Waals surface area contributed by atoms with Crippen LogP contribution in [0.4, 0.5) is 0 Å². The molecule has 4 nitrogen and oxygen atoms in total. The number of aliphatic hydroxyl groups excluding tert-OH is 1. The fraction of sp³-hybridized carbons (Fsp3) is 0.917. The van der Waals surface area contributed by atoms with Crippen molar-refractivity contribution >= 4 is 5.91 Å². The topological polar surface area (TPSA) is 61.4 Å². The fourth-order valence-corrected chi connectivity index (χ4v) is 2.64. The molecule has 4 heteroatoms. The summed E-state index contributed by atoms with van der Waals surface area (Å²) in [5, 5.41) is 15.8. The lowest BCUT2D eigenvalue weighted by Crippen LogP contribution is -2.64. The van der Waals surface area contributed by atoms with E-state index in [9.17, 15) is 9.90 Å². The molecule has 0 radical (unpaired) electrons. The van der Waals surface area contributed by atoms with Gasteiger partial charge >= 0.3 is 0 Å². The van der Waals surface area contributed by atoms with Crippen LogP contribution in [0.5, 0.6) is 0 Å². The summed E-state index contributed by atoms with van der Waals surface area (Å²) in [6.07, 6.45) is 3.71. The van der Waals surface area contributed by atoms with Crippen LogP contribution in [0, 0.1) is 11.3 Å². The van der Waals surface area contributed by atoms with Crippen LogP contribution < -0.4 is 10.6 Å². The molecule has 92 valence electrons. The second-order valence-electron chi connectivity index (χ2n) is 5.58. The van der Waals surface area contributed by atoms with Crippen LogP contribution >= 0.6 is 0 Å². The number of hydrogen-bond acceptors (Lipinski definition) is 3. The minimum absolute atomic E-state index is 0.0619. The Morgan fingerprint density at radius 2 is 2.06 bits per heavy atom. The zero-order valence-corrected chi connectivity index (χ0v) is 10.1. The van der Waals surface area contributed by atoms with Crippen LogP contribution in [0.2, 0.25) is 0 Å². The maximum atomic E-state index is 11.5. The molecule has 0 aromatic rings. The lowest BCUT2D eigenvalue weighted by atomic mass is 9.67. The average molecular weight is 226 g/mol. The van der Waals surface area contributed by atoms with Gasteiger partial charge in [0.15, 0.2) is 0 Å². The number of hydrogen-bond donors (Lipinski definition) is 3. The Hall–Kier alpha value is -0.610. The Balaban J connectivity index is 1.79. The van der Waals surface area contributed by atoms with E-state index in [1.807, 2.05) is 13.8 Å². The van der Waals surface area contributed by atoms with Crippen molar-refractivity contribution in [2.75, 3.05) is 6.54 Å². The van der Waals surface area contributed by atoms with Gasteiger partial charge in [-0.15, -0.1) is 0 Å².